The Morgan fingerprint density at radius 1 is 1.03 bits per heavy atom. The van der Waals surface area contributed by atoms with Crippen molar-refractivity contribution in [3.63, 3.8) is 0 Å². The van der Waals surface area contributed by atoms with Crippen LogP contribution in [-0.2, 0) is 13.1 Å². The summed E-state index contributed by atoms with van der Waals surface area (Å²) in [6, 6.07) is 17.2. The summed E-state index contributed by atoms with van der Waals surface area (Å²) < 4.78 is 18.4. The maximum Gasteiger partial charge on any atom is 0.291 e. The molecular formula is C22H24FIN4O2. The zero-order valence-corrected chi connectivity index (χ0v) is 18.9. The van der Waals surface area contributed by atoms with Gasteiger partial charge in [-0.3, -0.25) is 4.79 Å². The van der Waals surface area contributed by atoms with E-state index >= 15 is 0 Å². The van der Waals surface area contributed by atoms with Gasteiger partial charge in [0.25, 0.3) is 5.91 Å². The molecule has 3 rings (SSSR count). The van der Waals surface area contributed by atoms with E-state index in [2.05, 4.69) is 20.9 Å². The van der Waals surface area contributed by atoms with Crippen LogP contribution in [-0.4, -0.2) is 18.4 Å². The van der Waals surface area contributed by atoms with E-state index in [1.807, 2.05) is 37.3 Å². The van der Waals surface area contributed by atoms with E-state index in [0.29, 0.717) is 31.3 Å². The molecule has 0 bridgehead atoms. The Bertz CT molecular complexity index is 977. The smallest absolute Gasteiger partial charge is 0.291 e. The molecule has 0 spiro atoms. The van der Waals surface area contributed by atoms with Crippen molar-refractivity contribution in [3.05, 3.63) is 89.6 Å². The van der Waals surface area contributed by atoms with Gasteiger partial charge >= 0.3 is 0 Å². The van der Waals surface area contributed by atoms with Crippen molar-refractivity contribution in [2.24, 2.45) is 4.99 Å². The van der Waals surface area contributed by atoms with Gasteiger partial charge in [-0.1, -0.05) is 24.3 Å². The van der Waals surface area contributed by atoms with Gasteiger partial charge in [-0.2, -0.15) is 0 Å². The summed E-state index contributed by atoms with van der Waals surface area (Å²) in [6.07, 6.45) is 1.46. The Hall–Kier alpha value is -2.88. The number of guanidine groups is 1. The van der Waals surface area contributed by atoms with Gasteiger partial charge in [0.1, 0.15) is 5.82 Å². The van der Waals surface area contributed by atoms with E-state index in [-0.39, 0.29) is 41.5 Å². The first-order valence-electron chi connectivity index (χ1n) is 9.34. The minimum Gasteiger partial charge on any atom is -0.459 e. The van der Waals surface area contributed by atoms with Crippen LogP contribution in [0.4, 0.5) is 10.1 Å². The van der Waals surface area contributed by atoms with Crippen molar-refractivity contribution in [1.82, 2.24) is 10.6 Å². The molecule has 158 valence electrons. The SMILES string of the molecule is CCNC(=NCc1cccc(F)c1)NCc1cccc(NC(=O)c2ccco2)c1.I. The first kappa shape index (κ1) is 23.4. The number of benzene rings is 2. The number of carbonyl (C=O) groups is 1. The number of anilines is 1. The average Bonchev–Trinajstić information content (AvgIpc) is 3.25. The lowest BCUT2D eigenvalue weighted by Crippen LogP contribution is -2.36. The highest BCUT2D eigenvalue weighted by atomic mass is 127. The average molecular weight is 522 g/mol. The van der Waals surface area contributed by atoms with Crippen LogP contribution in [0.5, 0.6) is 0 Å². The molecule has 0 aliphatic rings. The van der Waals surface area contributed by atoms with Crippen LogP contribution in [0.2, 0.25) is 0 Å². The molecule has 8 heteroatoms. The number of carbonyl (C=O) groups excluding carboxylic acids is 1. The Kier molecular flexibility index (Phi) is 9.33. The molecule has 0 aliphatic carbocycles. The van der Waals surface area contributed by atoms with Gasteiger partial charge in [0.15, 0.2) is 11.7 Å². The second kappa shape index (κ2) is 12.0. The fraction of sp³-hybridized carbons (Fsp3) is 0.182. The zero-order valence-electron chi connectivity index (χ0n) is 16.5. The van der Waals surface area contributed by atoms with Crippen LogP contribution in [0.1, 0.15) is 28.6 Å². The first-order valence-corrected chi connectivity index (χ1v) is 9.34. The van der Waals surface area contributed by atoms with Crippen LogP contribution >= 0.6 is 24.0 Å². The maximum absolute atomic E-state index is 13.3. The topological polar surface area (TPSA) is 78.7 Å². The Morgan fingerprint density at radius 2 is 1.83 bits per heavy atom. The minimum atomic E-state index is -0.301. The number of hydrogen-bond donors (Lipinski definition) is 3. The van der Waals surface area contributed by atoms with Crippen molar-refractivity contribution in [1.29, 1.82) is 0 Å². The van der Waals surface area contributed by atoms with Gasteiger partial charge in [-0.25, -0.2) is 9.38 Å². The van der Waals surface area contributed by atoms with Gasteiger partial charge in [0.05, 0.1) is 12.8 Å². The van der Waals surface area contributed by atoms with Crippen LogP contribution in [0.15, 0.2) is 76.3 Å². The van der Waals surface area contributed by atoms with E-state index in [1.54, 1.807) is 18.2 Å². The Balaban J connectivity index is 0.00000320. The molecule has 0 saturated carbocycles. The fourth-order valence-electron chi connectivity index (χ4n) is 2.69. The van der Waals surface area contributed by atoms with E-state index < -0.39 is 0 Å². The fourth-order valence-corrected chi connectivity index (χ4v) is 2.69. The molecule has 0 radical (unpaired) electrons. The van der Waals surface area contributed by atoms with Gasteiger partial charge in [-0.05, 0) is 54.4 Å². The molecule has 3 N–H and O–H groups in total. The van der Waals surface area contributed by atoms with Crippen molar-refractivity contribution in [2.75, 3.05) is 11.9 Å². The second-order valence-corrected chi connectivity index (χ2v) is 6.31. The van der Waals surface area contributed by atoms with E-state index in [1.165, 1.54) is 18.4 Å². The predicted molar refractivity (Wildman–Crippen MR) is 127 cm³/mol. The lowest BCUT2D eigenvalue weighted by molar-refractivity contribution is 0.0996. The van der Waals surface area contributed by atoms with Crippen molar-refractivity contribution in [2.45, 2.75) is 20.0 Å². The highest BCUT2D eigenvalue weighted by Gasteiger charge is 2.09. The lowest BCUT2D eigenvalue weighted by Gasteiger charge is -2.12. The molecule has 1 heterocycles. The number of aliphatic imine (C=N–C) groups is 1. The number of hydrogen-bond acceptors (Lipinski definition) is 3. The largest absolute Gasteiger partial charge is 0.459 e. The quantitative estimate of drug-likeness (QED) is 0.242. The van der Waals surface area contributed by atoms with E-state index in [9.17, 15) is 9.18 Å². The zero-order chi connectivity index (χ0) is 20.5. The molecule has 0 aliphatic heterocycles. The molecule has 6 nitrogen and oxygen atoms in total. The number of halogens is 2. The molecule has 0 atom stereocenters. The predicted octanol–water partition coefficient (Wildman–Crippen LogP) is 4.54. The minimum absolute atomic E-state index is 0. The number of amides is 1. The Labute approximate surface area is 192 Å². The number of nitrogens with one attached hydrogen (secondary N) is 3. The highest BCUT2D eigenvalue weighted by Crippen LogP contribution is 2.13. The molecule has 0 fully saturated rings. The molecule has 0 unspecified atom stereocenters. The second-order valence-electron chi connectivity index (χ2n) is 6.31. The number of nitrogens with zero attached hydrogens (tertiary/aromatic N) is 1. The molecule has 3 aromatic rings. The summed E-state index contributed by atoms with van der Waals surface area (Å²) in [5.74, 6) is 0.309. The van der Waals surface area contributed by atoms with Crippen molar-refractivity contribution in [3.8, 4) is 0 Å². The standard InChI is InChI=1S/C22H23FN4O2.HI/c1-2-24-22(25-14-16-6-3-8-18(23)12-16)26-15-17-7-4-9-19(13-17)27-21(28)20-10-5-11-29-20;/h3-13H,2,14-15H2,1H3,(H,27,28)(H2,24,25,26);1H. The van der Waals surface area contributed by atoms with Gasteiger partial charge in [0, 0.05) is 18.8 Å². The Morgan fingerprint density at radius 3 is 2.57 bits per heavy atom. The van der Waals surface area contributed by atoms with Crippen LogP contribution < -0.4 is 16.0 Å². The summed E-state index contributed by atoms with van der Waals surface area (Å²) in [5, 5.41) is 9.22. The third-order valence-electron chi connectivity index (χ3n) is 4.04. The first-order chi connectivity index (χ1) is 14.1. The molecular weight excluding hydrogens is 498 g/mol. The van der Waals surface area contributed by atoms with Crippen LogP contribution in [0.3, 0.4) is 0 Å². The van der Waals surface area contributed by atoms with Crippen LogP contribution in [0, 0.1) is 5.82 Å². The third-order valence-corrected chi connectivity index (χ3v) is 4.04. The summed E-state index contributed by atoms with van der Waals surface area (Å²) in [4.78, 5) is 16.6. The summed E-state index contributed by atoms with van der Waals surface area (Å²) in [5.41, 5.74) is 2.44. The summed E-state index contributed by atoms with van der Waals surface area (Å²) in [7, 11) is 0. The monoisotopic (exact) mass is 522 g/mol. The molecule has 0 saturated heterocycles. The molecule has 1 amide bonds. The van der Waals surface area contributed by atoms with E-state index in [0.717, 1.165) is 11.1 Å². The van der Waals surface area contributed by atoms with E-state index in [4.69, 9.17) is 4.42 Å². The van der Waals surface area contributed by atoms with Crippen LogP contribution in [0.25, 0.3) is 0 Å². The van der Waals surface area contributed by atoms with Gasteiger partial charge < -0.3 is 20.4 Å². The summed E-state index contributed by atoms with van der Waals surface area (Å²) >= 11 is 0. The lowest BCUT2D eigenvalue weighted by atomic mass is 10.2. The maximum atomic E-state index is 13.3. The van der Waals surface area contributed by atoms with Gasteiger partial charge in [0.2, 0.25) is 0 Å². The molecule has 2 aromatic carbocycles. The van der Waals surface area contributed by atoms with Crippen molar-refractivity contribution >= 4 is 41.5 Å². The molecule has 30 heavy (non-hydrogen) atoms. The number of rotatable bonds is 7. The third kappa shape index (κ3) is 7.18. The number of furan rings is 1. The normalized spacial score (nSPS) is 10.8. The highest BCUT2D eigenvalue weighted by molar-refractivity contribution is 14.0. The van der Waals surface area contributed by atoms with Crippen molar-refractivity contribution < 1.29 is 13.6 Å². The van der Waals surface area contributed by atoms with Gasteiger partial charge in [-0.15, -0.1) is 24.0 Å². The summed E-state index contributed by atoms with van der Waals surface area (Å²) in [6.45, 7) is 3.56. The molecule has 1 aromatic heterocycles.